The van der Waals surface area contributed by atoms with Crippen molar-refractivity contribution in [3.63, 3.8) is 0 Å². The number of rotatable bonds is 5. The number of hydrogen-bond donors (Lipinski definition) is 3. The molecule has 0 saturated carbocycles. The van der Waals surface area contributed by atoms with Gasteiger partial charge in [-0.3, -0.25) is 9.99 Å². The number of nitrogens with zero attached hydrogens (tertiary/aromatic N) is 5. The van der Waals surface area contributed by atoms with E-state index in [1.54, 1.807) is 23.3 Å². The van der Waals surface area contributed by atoms with E-state index >= 15 is 0 Å². The van der Waals surface area contributed by atoms with Gasteiger partial charge in [-0.05, 0) is 11.8 Å². The molecule has 2 rings (SSSR count). The van der Waals surface area contributed by atoms with Crippen LogP contribution < -0.4 is 16.6 Å². The molecule has 2 heterocycles. The lowest BCUT2D eigenvalue weighted by atomic mass is 9.92. The average Bonchev–Trinajstić information content (AvgIpc) is 2.90. The molecule has 0 atom stereocenters. The lowest BCUT2D eigenvalue weighted by Crippen LogP contribution is -2.18. The fourth-order valence-electron chi connectivity index (χ4n) is 1.55. The summed E-state index contributed by atoms with van der Waals surface area (Å²) in [6, 6.07) is 0. The van der Waals surface area contributed by atoms with Crippen molar-refractivity contribution in [1.82, 2.24) is 24.5 Å². The van der Waals surface area contributed by atoms with E-state index in [0.29, 0.717) is 17.8 Å². The molecule has 0 fully saturated rings. The number of nitrogens with one attached hydrogen (secondary N) is 2. The number of nitrogens with two attached hydrogens (primary N) is 1. The zero-order valence-electron chi connectivity index (χ0n) is 12.0. The lowest BCUT2D eigenvalue weighted by molar-refractivity contribution is 0.389. The van der Waals surface area contributed by atoms with Gasteiger partial charge in [0.15, 0.2) is 0 Å². The van der Waals surface area contributed by atoms with Gasteiger partial charge in [0.05, 0.1) is 0 Å². The van der Waals surface area contributed by atoms with Crippen LogP contribution in [0.1, 0.15) is 27.2 Å². The van der Waals surface area contributed by atoms with Gasteiger partial charge in [0, 0.05) is 18.9 Å². The van der Waals surface area contributed by atoms with Crippen LogP contribution in [0.4, 0.5) is 11.9 Å². The van der Waals surface area contributed by atoms with Crippen molar-refractivity contribution >= 4 is 11.9 Å². The van der Waals surface area contributed by atoms with Gasteiger partial charge in [-0.25, -0.2) is 10.8 Å². The molecule has 20 heavy (non-hydrogen) atoms. The molecule has 8 heteroatoms. The third-order valence-electron chi connectivity index (χ3n) is 2.65. The zero-order valence-corrected chi connectivity index (χ0v) is 12.0. The summed E-state index contributed by atoms with van der Waals surface area (Å²) in [7, 11) is 0. The highest BCUT2D eigenvalue weighted by Gasteiger charge is 2.11. The number of nitrogen functional groups attached to an aromatic ring is 1. The van der Waals surface area contributed by atoms with Gasteiger partial charge in [-0.1, -0.05) is 20.8 Å². The molecule has 0 aliphatic heterocycles. The number of hydrogen-bond acceptors (Lipinski definition) is 7. The van der Waals surface area contributed by atoms with Gasteiger partial charge >= 0.3 is 0 Å². The molecular weight excluding hydrogens is 256 g/mol. The van der Waals surface area contributed by atoms with Crippen LogP contribution in [0.25, 0.3) is 5.95 Å². The Morgan fingerprint density at radius 1 is 1.20 bits per heavy atom. The first-order chi connectivity index (χ1) is 9.48. The molecule has 0 bridgehead atoms. The van der Waals surface area contributed by atoms with Crippen LogP contribution in [0.3, 0.4) is 0 Å². The minimum Gasteiger partial charge on any atom is -0.354 e. The highest BCUT2D eigenvalue weighted by atomic mass is 15.4. The van der Waals surface area contributed by atoms with Crippen molar-refractivity contribution in [3.8, 4) is 5.95 Å². The van der Waals surface area contributed by atoms with Gasteiger partial charge in [0.25, 0.3) is 0 Å². The van der Waals surface area contributed by atoms with E-state index in [2.05, 4.69) is 51.4 Å². The Kier molecular flexibility index (Phi) is 4.14. The minimum absolute atomic E-state index is 0.252. The third-order valence-corrected chi connectivity index (χ3v) is 2.65. The summed E-state index contributed by atoms with van der Waals surface area (Å²) >= 11 is 0. The zero-order chi connectivity index (χ0) is 14.6. The van der Waals surface area contributed by atoms with Crippen LogP contribution in [0.2, 0.25) is 0 Å². The maximum Gasteiger partial charge on any atom is 0.243 e. The summed E-state index contributed by atoms with van der Waals surface area (Å²) < 4.78 is 1.69. The van der Waals surface area contributed by atoms with E-state index < -0.39 is 0 Å². The number of aromatic nitrogens is 5. The summed E-state index contributed by atoms with van der Waals surface area (Å²) in [6.07, 6.45) is 6.04. The Morgan fingerprint density at radius 2 is 1.95 bits per heavy atom. The second-order valence-corrected chi connectivity index (χ2v) is 5.63. The van der Waals surface area contributed by atoms with Gasteiger partial charge in [0.2, 0.25) is 17.8 Å². The molecule has 8 nitrogen and oxygen atoms in total. The monoisotopic (exact) mass is 276 g/mol. The predicted octanol–water partition coefficient (Wildman–Crippen LogP) is 1.19. The molecule has 0 spiro atoms. The van der Waals surface area contributed by atoms with Gasteiger partial charge in [0.1, 0.15) is 6.33 Å². The van der Waals surface area contributed by atoms with Gasteiger partial charge in [-0.15, -0.1) is 0 Å². The Labute approximate surface area is 117 Å². The Bertz CT molecular complexity index is 543. The van der Waals surface area contributed by atoms with Crippen LogP contribution in [0.5, 0.6) is 0 Å². The highest BCUT2D eigenvalue weighted by molar-refractivity contribution is 5.37. The van der Waals surface area contributed by atoms with Crippen molar-refractivity contribution in [2.75, 3.05) is 17.3 Å². The van der Waals surface area contributed by atoms with Crippen molar-refractivity contribution in [2.45, 2.75) is 27.2 Å². The maximum absolute atomic E-state index is 5.38. The molecular formula is C12H20N8. The van der Waals surface area contributed by atoms with E-state index in [1.165, 1.54) is 0 Å². The predicted molar refractivity (Wildman–Crippen MR) is 77.3 cm³/mol. The highest BCUT2D eigenvalue weighted by Crippen LogP contribution is 2.18. The van der Waals surface area contributed by atoms with Crippen LogP contribution in [-0.2, 0) is 0 Å². The standard InChI is InChI=1S/C12H20N8/c1-12(2,3)4-5-15-9-16-10(19-13)18-11(17-9)20-7-6-14-8-20/h6-8H,4-5,13H2,1-3H3,(H2,15,16,17,18,19). The first kappa shape index (κ1) is 14.2. The molecule has 0 aromatic carbocycles. The third kappa shape index (κ3) is 3.89. The van der Waals surface area contributed by atoms with Crippen molar-refractivity contribution in [3.05, 3.63) is 18.7 Å². The second kappa shape index (κ2) is 5.83. The largest absolute Gasteiger partial charge is 0.354 e. The molecule has 0 aliphatic carbocycles. The van der Waals surface area contributed by atoms with E-state index in [4.69, 9.17) is 5.84 Å². The quantitative estimate of drug-likeness (QED) is 0.556. The molecule has 0 radical (unpaired) electrons. The smallest absolute Gasteiger partial charge is 0.243 e. The summed E-state index contributed by atoms with van der Waals surface area (Å²) in [4.78, 5) is 16.7. The van der Waals surface area contributed by atoms with Gasteiger partial charge < -0.3 is 5.32 Å². The molecule has 0 unspecified atom stereocenters. The second-order valence-electron chi connectivity index (χ2n) is 5.63. The summed E-state index contributed by atoms with van der Waals surface area (Å²) in [5.74, 6) is 6.64. The normalized spacial score (nSPS) is 11.4. The van der Waals surface area contributed by atoms with Crippen molar-refractivity contribution in [1.29, 1.82) is 0 Å². The lowest BCUT2D eigenvalue weighted by Gasteiger charge is -2.18. The molecule has 2 aromatic rings. The van der Waals surface area contributed by atoms with Crippen LogP contribution in [-0.4, -0.2) is 31.0 Å². The topological polar surface area (TPSA) is 107 Å². The molecule has 0 aliphatic rings. The summed E-state index contributed by atoms with van der Waals surface area (Å²) in [5.41, 5.74) is 2.69. The Hall–Kier alpha value is -2.22. The van der Waals surface area contributed by atoms with Crippen LogP contribution >= 0.6 is 0 Å². The van der Waals surface area contributed by atoms with E-state index in [9.17, 15) is 0 Å². The molecule has 4 N–H and O–H groups in total. The Morgan fingerprint density at radius 3 is 2.55 bits per heavy atom. The van der Waals surface area contributed by atoms with Gasteiger partial charge in [-0.2, -0.15) is 15.0 Å². The number of anilines is 2. The number of imidazole rings is 1. The molecule has 2 aromatic heterocycles. The molecule has 0 amide bonds. The van der Waals surface area contributed by atoms with Crippen molar-refractivity contribution < 1.29 is 0 Å². The number of hydrazine groups is 1. The first-order valence-corrected chi connectivity index (χ1v) is 6.43. The van der Waals surface area contributed by atoms with Crippen LogP contribution in [0, 0.1) is 5.41 Å². The minimum atomic E-state index is 0.252. The first-order valence-electron chi connectivity index (χ1n) is 6.43. The van der Waals surface area contributed by atoms with E-state index in [0.717, 1.165) is 13.0 Å². The summed E-state index contributed by atoms with van der Waals surface area (Å²) in [5, 5.41) is 3.19. The fraction of sp³-hybridized carbons (Fsp3) is 0.500. The van der Waals surface area contributed by atoms with Crippen molar-refractivity contribution in [2.24, 2.45) is 11.3 Å². The fourth-order valence-corrected chi connectivity index (χ4v) is 1.55. The van der Waals surface area contributed by atoms with E-state index in [1.807, 2.05) is 0 Å². The maximum atomic E-state index is 5.38. The molecule has 108 valence electrons. The van der Waals surface area contributed by atoms with Crippen LogP contribution in [0.15, 0.2) is 18.7 Å². The summed E-state index contributed by atoms with van der Waals surface area (Å²) in [6.45, 7) is 7.34. The molecule has 0 saturated heterocycles. The average molecular weight is 276 g/mol. The SMILES string of the molecule is CC(C)(C)CCNc1nc(NN)nc(-n2ccnc2)n1. The van der Waals surface area contributed by atoms with E-state index in [-0.39, 0.29) is 5.41 Å². The Balaban J connectivity index is 2.14.